The Morgan fingerprint density at radius 3 is 3.00 bits per heavy atom. The van der Waals surface area contributed by atoms with E-state index in [1.165, 1.54) is 12.3 Å². The zero-order chi connectivity index (χ0) is 10.8. The Morgan fingerprint density at radius 2 is 2.40 bits per heavy atom. The molecule has 0 bridgehead atoms. The minimum absolute atomic E-state index is 0.233. The first-order valence-corrected chi connectivity index (χ1v) is 4.57. The van der Waals surface area contributed by atoms with Crippen LogP contribution in [0, 0.1) is 0 Å². The van der Waals surface area contributed by atoms with Gasteiger partial charge in [0.1, 0.15) is 0 Å². The van der Waals surface area contributed by atoms with Crippen LogP contribution in [0.25, 0.3) is 11.6 Å². The van der Waals surface area contributed by atoms with Crippen molar-refractivity contribution in [1.82, 2.24) is 9.97 Å². The molecule has 78 valence electrons. The summed E-state index contributed by atoms with van der Waals surface area (Å²) in [4.78, 5) is 18.1. The van der Waals surface area contributed by atoms with E-state index < -0.39 is 0 Å². The highest BCUT2D eigenvalue weighted by Crippen LogP contribution is 2.14. The van der Waals surface area contributed by atoms with Crippen LogP contribution in [-0.2, 0) is 0 Å². The Kier molecular flexibility index (Phi) is 2.39. The molecule has 0 amide bonds. The molecule has 5 heteroatoms. The van der Waals surface area contributed by atoms with Gasteiger partial charge in [0.15, 0.2) is 11.6 Å². The minimum atomic E-state index is -0.277. The molecule has 3 N–H and O–H groups in total. The molecular weight excluding hydrogens is 194 g/mol. The quantitative estimate of drug-likeness (QED) is 0.767. The molecule has 0 aliphatic heterocycles. The summed E-state index contributed by atoms with van der Waals surface area (Å²) in [7, 11) is 0. The molecule has 5 nitrogen and oxygen atoms in total. The highest BCUT2D eigenvalue weighted by atomic mass is 16.3. The summed E-state index contributed by atoms with van der Waals surface area (Å²) >= 11 is 0. The van der Waals surface area contributed by atoms with Crippen molar-refractivity contribution in [1.29, 1.82) is 0 Å². The Morgan fingerprint density at radius 1 is 1.60 bits per heavy atom. The molecule has 15 heavy (non-hydrogen) atoms. The molecular formula is C10H11N3O2. The lowest BCUT2D eigenvalue weighted by Gasteiger charge is -2.04. The Labute approximate surface area is 86.0 Å². The van der Waals surface area contributed by atoms with E-state index in [4.69, 9.17) is 10.2 Å². The number of aromatic amines is 1. The lowest BCUT2D eigenvalue weighted by atomic mass is 10.2. The summed E-state index contributed by atoms with van der Waals surface area (Å²) in [6, 6.07) is 4.56. The first kappa shape index (κ1) is 9.67. The second-order valence-electron chi connectivity index (χ2n) is 3.28. The Balaban J connectivity index is 2.54. The molecule has 0 saturated heterocycles. The standard InChI is InChI=1S/C10H11N3O2/c1-6(11)7-5-9(14)13-10(12-7)8-3-2-4-15-8/h2-6H,11H2,1H3,(H,12,13,14). The minimum Gasteiger partial charge on any atom is -0.461 e. The maximum absolute atomic E-state index is 11.3. The van der Waals surface area contributed by atoms with E-state index in [9.17, 15) is 4.79 Å². The van der Waals surface area contributed by atoms with Crippen molar-refractivity contribution in [3.05, 3.63) is 40.5 Å². The molecule has 1 unspecified atom stereocenters. The number of nitrogens with zero attached hydrogens (tertiary/aromatic N) is 1. The molecule has 0 spiro atoms. The number of furan rings is 1. The van der Waals surface area contributed by atoms with Gasteiger partial charge < -0.3 is 15.1 Å². The third-order valence-corrected chi connectivity index (χ3v) is 1.98. The van der Waals surface area contributed by atoms with E-state index in [2.05, 4.69) is 9.97 Å². The van der Waals surface area contributed by atoms with Crippen LogP contribution in [0.4, 0.5) is 0 Å². The number of aromatic nitrogens is 2. The number of H-pyrrole nitrogens is 1. The smallest absolute Gasteiger partial charge is 0.251 e. The van der Waals surface area contributed by atoms with Crippen LogP contribution in [0.5, 0.6) is 0 Å². The first-order valence-electron chi connectivity index (χ1n) is 4.57. The van der Waals surface area contributed by atoms with Crippen LogP contribution < -0.4 is 11.3 Å². The van der Waals surface area contributed by atoms with Crippen LogP contribution in [0.2, 0.25) is 0 Å². The van der Waals surface area contributed by atoms with Crippen LogP contribution in [0.1, 0.15) is 18.7 Å². The monoisotopic (exact) mass is 205 g/mol. The summed E-state index contributed by atoms with van der Waals surface area (Å²) in [5.74, 6) is 0.925. The average Bonchev–Trinajstić information content (AvgIpc) is 2.69. The first-order chi connectivity index (χ1) is 7.16. The maximum atomic E-state index is 11.3. The van der Waals surface area contributed by atoms with Crippen molar-refractivity contribution in [2.45, 2.75) is 13.0 Å². The number of hydrogen-bond acceptors (Lipinski definition) is 4. The van der Waals surface area contributed by atoms with Crippen molar-refractivity contribution in [3.63, 3.8) is 0 Å². The van der Waals surface area contributed by atoms with Crippen molar-refractivity contribution in [2.24, 2.45) is 5.73 Å². The van der Waals surface area contributed by atoms with Gasteiger partial charge in [0, 0.05) is 12.1 Å². The van der Waals surface area contributed by atoms with E-state index in [-0.39, 0.29) is 11.6 Å². The van der Waals surface area contributed by atoms with E-state index in [0.717, 1.165) is 0 Å². The lowest BCUT2D eigenvalue weighted by Crippen LogP contribution is -2.15. The fourth-order valence-electron chi connectivity index (χ4n) is 1.24. The van der Waals surface area contributed by atoms with Crippen LogP contribution >= 0.6 is 0 Å². The third-order valence-electron chi connectivity index (χ3n) is 1.98. The van der Waals surface area contributed by atoms with Gasteiger partial charge in [0.25, 0.3) is 5.56 Å². The fraction of sp³-hybridized carbons (Fsp3) is 0.200. The topological polar surface area (TPSA) is 84.9 Å². The normalized spacial score (nSPS) is 12.7. The van der Waals surface area contributed by atoms with Gasteiger partial charge in [-0.05, 0) is 19.1 Å². The molecule has 0 saturated carbocycles. The average molecular weight is 205 g/mol. The molecule has 0 aromatic carbocycles. The van der Waals surface area contributed by atoms with Gasteiger partial charge in [-0.15, -0.1) is 0 Å². The van der Waals surface area contributed by atoms with E-state index in [1.54, 1.807) is 19.1 Å². The highest BCUT2D eigenvalue weighted by molar-refractivity contribution is 5.45. The maximum Gasteiger partial charge on any atom is 0.251 e. The predicted octanol–water partition coefficient (Wildman–Crippen LogP) is 1.05. The molecule has 1 atom stereocenters. The number of nitrogens with one attached hydrogen (secondary N) is 1. The van der Waals surface area contributed by atoms with Crippen molar-refractivity contribution in [2.75, 3.05) is 0 Å². The van der Waals surface area contributed by atoms with Gasteiger partial charge >= 0.3 is 0 Å². The van der Waals surface area contributed by atoms with E-state index >= 15 is 0 Å². The lowest BCUT2D eigenvalue weighted by molar-refractivity contribution is 0.575. The summed E-state index contributed by atoms with van der Waals surface area (Å²) in [6.07, 6.45) is 1.52. The summed E-state index contributed by atoms with van der Waals surface area (Å²) in [6.45, 7) is 1.77. The third kappa shape index (κ3) is 1.97. The van der Waals surface area contributed by atoms with Crippen LogP contribution in [0.3, 0.4) is 0 Å². The molecule has 2 heterocycles. The van der Waals surface area contributed by atoms with Gasteiger partial charge in [-0.1, -0.05) is 0 Å². The Bertz CT molecular complexity index is 500. The molecule has 2 rings (SSSR count). The van der Waals surface area contributed by atoms with Gasteiger partial charge in [-0.2, -0.15) is 0 Å². The van der Waals surface area contributed by atoms with Crippen molar-refractivity contribution < 1.29 is 4.42 Å². The summed E-state index contributed by atoms with van der Waals surface area (Å²) < 4.78 is 5.14. The van der Waals surface area contributed by atoms with Gasteiger partial charge in [-0.25, -0.2) is 4.98 Å². The van der Waals surface area contributed by atoms with Crippen LogP contribution in [-0.4, -0.2) is 9.97 Å². The second kappa shape index (κ2) is 3.70. The van der Waals surface area contributed by atoms with E-state index in [0.29, 0.717) is 17.3 Å². The summed E-state index contributed by atoms with van der Waals surface area (Å²) in [5, 5.41) is 0. The fourth-order valence-corrected chi connectivity index (χ4v) is 1.24. The van der Waals surface area contributed by atoms with Crippen molar-refractivity contribution in [3.8, 4) is 11.6 Å². The zero-order valence-electron chi connectivity index (χ0n) is 8.23. The second-order valence-corrected chi connectivity index (χ2v) is 3.28. The predicted molar refractivity (Wildman–Crippen MR) is 55.2 cm³/mol. The van der Waals surface area contributed by atoms with Gasteiger partial charge in [0.05, 0.1) is 12.0 Å². The molecule has 2 aromatic heterocycles. The van der Waals surface area contributed by atoms with E-state index in [1.807, 2.05) is 0 Å². The largest absolute Gasteiger partial charge is 0.461 e. The van der Waals surface area contributed by atoms with Crippen LogP contribution in [0.15, 0.2) is 33.7 Å². The molecule has 0 radical (unpaired) electrons. The molecule has 0 aliphatic carbocycles. The van der Waals surface area contributed by atoms with Gasteiger partial charge in [0.2, 0.25) is 0 Å². The molecule has 0 fully saturated rings. The SMILES string of the molecule is CC(N)c1cc(=O)[nH]c(-c2ccco2)n1. The molecule has 0 aliphatic rings. The number of rotatable bonds is 2. The van der Waals surface area contributed by atoms with Crippen molar-refractivity contribution >= 4 is 0 Å². The zero-order valence-corrected chi connectivity index (χ0v) is 8.23. The number of hydrogen-bond donors (Lipinski definition) is 2. The highest BCUT2D eigenvalue weighted by Gasteiger charge is 2.08. The molecule has 2 aromatic rings. The Hall–Kier alpha value is -1.88. The summed E-state index contributed by atoms with van der Waals surface area (Å²) in [5.41, 5.74) is 5.97. The number of nitrogens with two attached hydrogens (primary N) is 1. The van der Waals surface area contributed by atoms with Gasteiger partial charge in [-0.3, -0.25) is 4.79 Å².